The van der Waals surface area contributed by atoms with E-state index in [1.165, 1.54) is 0 Å². The molecule has 0 spiro atoms. The lowest BCUT2D eigenvalue weighted by molar-refractivity contribution is 1.57. The zero-order valence-corrected chi connectivity index (χ0v) is 9.38. The molecule has 54 valence electrons. The summed E-state index contributed by atoms with van der Waals surface area (Å²) in [7, 11) is 0. The van der Waals surface area contributed by atoms with Crippen molar-refractivity contribution >= 4 is 56.6 Å². The van der Waals surface area contributed by atoms with Gasteiger partial charge in [-0.25, -0.2) is 0 Å². The molecule has 1 aromatic rings. The van der Waals surface area contributed by atoms with Gasteiger partial charge in [-0.2, -0.15) is 0 Å². The van der Waals surface area contributed by atoms with E-state index < -0.39 is 0 Å². The predicted octanol–water partition coefficient (Wildman–Crippen LogP) is 2.06. The number of benzene rings is 1. The van der Waals surface area contributed by atoms with Crippen LogP contribution in [0.1, 0.15) is 0 Å². The summed E-state index contributed by atoms with van der Waals surface area (Å²) in [5.41, 5.74) is 12.7. The third-order valence-electron chi connectivity index (χ3n) is 1.18. The third kappa shape index (κ3) is 1.47. The molecule has 0 bridgehead atoms. The van der Waals surface area contributed by atoms with Crippen molar-refractivity contribution in [2.45, 2.75) is 0 Å². The summed E-state index contributed by atoms with van der Waals surface area (Å²) in [5.74, 6) is 0. The Balaban J connectivity index is 3.34. The monoisotopic (exact) mass is 360 g/mol. The van der Waals surface area contributed by atoms with E-state index in [9.17, 15) is 0 Å². The molecule has 0 aliphatic heterocycles. The highest BCUT2D eigenvalue weighted by Gasteiger charge is 2.01. The Kier molecular flexibility index (Phi) is 2.61. The molecule has 4 heteroatoms. The van der Waals surface area contributed by atoms with Gasteiger partial charge in [0.1, 0.15) is 0 Å². The van der Waals surface area contributed by atoms with Gasteiger partial charge in [0.25, 0.3) is 0 Å². The summed E-state index contributed by atoms with van der Waals surface area (Å²) in [4.78, 5) is 0. The number of halogens is 2. The van der Waals surface area contributed by atoms with Gasteiger partial charge in [0, 0.05) is 7.14 Å². The van der Waals surface area contributed by atoms with Crippen molar-refractivity contribution in [3.8, 4) is 0 Å². The fourth-order valence-corrected chi connectivity index (χ4v) is 1.52. The summed E-state index contributed by atoms with van der Waals surface area (Å²) in [6.07, 6.45) is 0. The molecule has 4 N–H and O–H groups in total. The Labute approximate surface area is 86.6 Å². The molecule has 0 saturated carbocycles. The van der Waals surface area contributed by atoms with Gasteiger partial charge in [0.05, 0.1) is 11.4 Å². The number of hydrogen-bond acceptors (Lipinski definition) is 2. The van der Waals surface area contributed by atoms with Crippen LogP contribution in [0.5, 0.6) is 0 Å². The Morgan fingerprint density at radius 3 is 1.50 bits per heavy atom. The topological polar surface area (TPSA) is 52.0 Å². The number of anilines is 2. The fourth-order valence-electron chi connectivity index (χ4n) is 0.583. The number of rotatable bonds is 0. The number of nitrogen functional groups attached to an aromatic ring is 2. The van der Waals surface area contributed by atoms with E-state index in [1.54, 1.807) is 0 Å². The van der Waals surface area contributed by atoms with Crippen molar-refractivity contribution in [1.29, 1.82) is 0 Å². The number of hydrogen-bond donors (Lipinski definition) is 2. The van der Waals surface area contributed by atoms with Gasteiger partial charge in [-0.05, 0) is 57.3 Å². The minimum atomic E-state index is 0.688. The van der Waals surface area contributed by atoms with Crippen LogP contribution in [0, 0.1) is 7.14 Å². The van der Waals surface area contributed by atoms with Crippen LogP contribution >= 0.6 is 45.2 Å². The smallest absolute Gasteiger partial charge is 0.0694 e. The van der Waals surface area contributed by atoms with Crippen LogP contribution in [0.4, 0.5) is 11.4 Å². The molecule has 1 rings (SSSR count). The highest BCUT2D eigenvalue weighted by atomic mass is 127. The van der Waals surface area contributed by atoms with Gasteiger partial charge in [0.2, 0.25) is 0 Å². The van der Waals surface area contributed by atoms with Crippen LogP contribution in [0.2, 0.25) is 0 Å². The van der Waals surface area contributed by atoms with E-state index in [4.69, 9.17) is 11.5 Å². The van der Waals surface area contributed by atoms with Crippen LogP contribution < -0.4 is 11.5 Å². The van der Waals surface area contributed by atoms with Gasteiger partial charge in [-0.15, -0.1) is 0 Å². The van der Waals surface area contributed by atoms with Crippen LogP contribution in [-0.2, 0) is 0 Å². The maximum Gasteiger partial charge on any atom is 0.0694 e. The third-order valence-corrected chi connectivity index (χ3v) is 3.06. The van der Waals surface area contributed by atoms with E-state index in [-0.39, 0.29) is 0 Å². The molecular formula is C6H6I2N2. The summed E-state index contributed by atoms with van der Waals surface area (Å²) >= 11 is 4.32. The first-order chi connectivity index (χ1) is 4.63. The highest BCUT2D eigenvalue weighted by molar-refractivity contribution is 14.1. The molecule has 0 unspecified atom stereocenters. The second-order valence-electron chi connectivity index (χ2n) is 1.86. The quantitative estimate of drug-likeness (QED) is 0.550. The van der Waals surface area contributed by atoms with Crippen LogP contribution in [0.25, 0.3) is 0 Å². The van der Waals surface area contributed by atoms with Crippen molar-refractivity contribution in [3.63, 3.8) is 0 Å². The standard InChI is InChI=1S/C6H6I2N2/c7-3-1-2-4(8)6(10)5(3)9/h1-2H,9-10H2. The average molecular weight is 360 g/mol. The van der Waals surface area contributed by atoms with Crippen molar-refractivity contribution in [2.75, 3.05) is 11.5 Å². The Bertz CT molecular complexity index is 233. The molecule has 10 heavy (non-hydrogen) atoms. The lowest BCUT2D eigenvalue weighted by Gasteiger charge is -2.03. The number of nitrogens with two attached hydrogens (primary N) is 2. The molecule has 0 heterocycles. The first-order valence-electron chi connectivity index (χ1n) is 2.62. The van der Waals surface area contributed by atoms with Gasteiger partial charge < -0.3 is 11.5 Å². The lowest BCUT2D eigenvalue weighted by Crippen LogP contribution is -1.98. The molecule has 0 amide bonds. The summed E-state index contributed by atoms with van der Waals surface area (Å²) < 4.78 is 2.02. The minimum Gasteiger partial charge on any atom is -0.396 e. The Morgan fingerprint density at radius 2 is 1.20 bits per heavy atom. The summed E-state index contributed by atoms with van der Waals surface area (Å²) in [6.45, 7) is 0. The Hall–Kier alpha value is 0.280. The van der Waals surface area contributed by atoms with Gasteiger partial charge in [-0.1, -0.05) is 0 Å². The highest BCUT2D eigenvalue weighted by Crippen LogP contribution is 2.26. The second kappa shape index (κ2) is 3.12. The molecule has 2 nitrogen and oxygen atoms in total. The molecule has 0 atom stereocenters. The van der Waals surface area contributed by atoms with Crippen LogP contribution in [0.3, 0.4) is 0 Å². The first-order valence-corrected chi connectivity index (χ1v) is 4.77. The molecule has 0 aromatic heterocycles. The normalized spacial score (nSPS) is 9.80. The van der Waals surface area contributed by atoms with E-state index in [2.05, 4.69) is 45.2 Å². The van der Waals surface area contributed by atoms with Gasteiger partial charge in [-0.3, -0.25) is 0 Å². The van der Waals surface area contributed by atoms with E-state index in [0.29, 0.717) is 11.4 Å². The average Bonchev–Trinajstić information content (AvgIpc) is 1.93. The Morgan fingerprint density at radius 1 is 0.900 bits per heavy atom. The largest absolute Gasteiger partial charge is 0.396 e. The zero-order valence-electron chi connectivity index (χ0n) is 5.07. The lowest BCUT2D eigenvalue weighted by atomic mass is 10.3. The zero-order chi connectivity index (χ0) is 7.72. The molecule has 0 aliphatic carbocycles. The van der Waals surface area contributed by atoms with Gasteiger partial charge in [0.15, 0.2) is 0 Å². The molecular weight excluding hydrogens is 354 g/mol. The fraction of sp³-hybridized carbons (Fsp3) is 0. The minimum absolute atomic E-state index is 0.688. The maximum absolute atomic E-state index is 5.65. The van der Waals surface area contributed by atoms with E-state index in [1.807, 2.05) is 12.1 Å². The second-order valence-corrected chi connectivity index (χ2v) is 4.18. The summed E-state index contributed by atoms with van der Waals surface area (Å²) in [5, 5.41) is 0. The van der Waals surface area contributed by atoms with E-state index in [0.717, 1.165) is 7.14 Å². The SMILES string of the molecule is Nc1c(I)ccc(I)c1N. The maximum atomic E-state index is 5.65. The predicted molar refractivity (Wildman–Crippen MR) is 60.7 cm³/mol. The van der Waals surface area contributed by atoms with Crippen molar-refractivity contribution in [2.24, 2.45) is 0 Å². The van der Waals surface area contributed by atoms with Crippen molar-refractivity contribution in [1.82, 2.24) is 0 Å². The van der Waals surface area contributed by atoms with E-state index >= 15 is 0 Å². The van der Waals surface area contributed by atoms with Crippen LogP contribution in [0.15, 0.2) is 12.1 Å². The van der Waals surface area contributed by atoms with Crippen molar-refractivity contribution < 1.29 is 0 Å². The first kappa shape index (κ1) is 8.38. The van der Waals surface area contributed by atoms with Crippen LogP contribution in [-0.4, -0.2) is 0 Å². The molecule has 0 aliphatic rings. The molecule has 0 radical (unpaired) electrons. The van der Waals surface area contributed by atoms with Gasteiger partial charge >= 0.3 is 0 Å². The molecule has 1 aromatic carbocycles. The summed E-state index contributed by atoms with van der Waals surface area (Å²) in [6, 6.07) is 3.90. The van der Waals surface area contributed by atoms with Crippen molar-refractivity contribution in [3.05, 3.63) is 19.3 Å². The molecule has 0 fully saturated rings. The molecule has 0 saturated heterocycles.